The highest BCUT2D eigenvalue weighted by Crippen LogP contribution is 2.39. The van der Waals surface area contributed by atoms with E-state index in [-0.39, 0.29) is 11.9 Å². The minimum atomic E-state index is -0.167. The first kappa shape index (κ1) is 18.6. The molecule has 0 radical (unpaired) electrons. The Labute approximate surface area is 177 Å². The molecule has 30 heavy (non-hydrogen) atoms. The van der Waals surface area contributed by atoms with Gasteiger partial charge >= 0.3 is 0 Å². The summed E-state index contributed by atoms with van der Waals surface area (Å²) in [6, 6.07) is 13.4. The molecule has 152 valence electrons. The Bertz CT molecular complexity index is 1260. The van der Waals surface area contributed by atoms with Crippen molar-refractivity contribution in [3.63, 3.8) is 0 Å². The van der Waals surface area contributed by atoms with Crippen molar-refractivity contribution in [3.05, 3.63) is 69.9 Å². The zero-order valence-electron chi connectivity index (χ0n) is 16.5. The highest BCUT2D eigenvalue weighted by molar-refractivity contribution is 6.32. The fraction of sp³-hybridized carbons (Fsp3) is 0.238. The molecular weight excluding hydrogens is 404 g/mol. The summed E-state index contributed by atoms with van der Waals surface area (Å²) >= 11 is 6.50. The molecule has 4 aromatic rings. The number of benzene rings is 2. The molecule has 1 unspecified atom stereocenters. The first-order valence-corrected chi connectivity index (χ1v) is 9.89. The summed E-state index contributed by atoms with van der Waals surface area (Å²) in [5, 5.41) is 15.6. The maximum atomic E-state index is 13.3. The van der Waals surface area contributed by atoms with Gasteiger partial charge in [-0.15, -0.1) is 10.2 Å². The molecule has 8 nitrogen and oxygen atoms in total. The second-order valence-corrected chi connectivity index (χ2v) is 7.68. The van der Waals surface area contributed by atoms with Gasteiger partial charge in [0.25, 0.3) is 11.8 Å². The third-order valence-electron chi connectivity index (χ3n) is 5.58. The van der Waals surface area contributed by atoms with Gasteiger partial charge in [0.2, 0.25) is 0 Å². The van der Waals surface area contributed by atoms with Crippen molar-refractivity contribution in [2.24, 2.45) is 7.05 Å². The van der Waals surface area contributed by atoms with Crippen molar-refractivity contribution >= 4 is 28.5 Å². The number of aromatic nitrogens is 5. The minimum absolute atomic E-state index is 0.00102. The van der Waals surface area contributed by atoms with Gasteiger partial charge in [-0.3, -0.25) is 14.6 Å². The largest absolute Gasteiger partial charge is 0.479 e. The monoisotopic (exact) mass is 422 g/mol. The van der Waals surface area contributed by atoms with Crippen LogP contribution in [0, 0.1) is 0 Å². The second kappa shape index (κ2) is 7.14. The number of halogens is 1. The Morgan fingerprint density at radius 3 is 2.87 bits per heavy atom. The fourth-order valence-electron chi connectivity index (χ4n) is 4.07. The molecule has 9 heteroatoms. The Kier molecular flexibility index (Phi) is 4.43. The van der Waals surface area contributed by atoms with Gasteiger partial charge in [0.15, 0.2) is 0 Å². The summed E-state index contributed by atoms with van der Waals surface area (Å²) in [7, 11) is 3.37. The van der Waals surface area contributed by atoms with Gasteiger partial charge in [-0.05, 0) is 29.3 Å². The van der Waals surface area contributed by atoms with Crippen molar-refractivity contribution < 1.29 is 9.53 Å². The summed E-state index contributed by atoms with van der Waals surface area (Å²) < 4.78 is 6.97. The van der Waals surface area contributed by atoms with Gasteiger partial charge < -0.3 is 9.64 Å². The van der Waals surface area contributed by atoms with Crippen LogP contribution in [0.2, 0.25) is 5.02 Å². The lowest BCUT2D eigenvalue weighted by Gasteiger charge is -2.26. The molecule has 1 aliphatic rings. The van der Waals surface area contributed by atoms with Crippen LogP contribution in [-0.4, -0.2) is 43.1 Å². The Balaban J connectivity index is 1.53. The van der Waals surface area contributed by atoms with Crippen LogP contribution in [-0.2, 0) is 20.0 Å². The van der Waals surface area contributed by atoms with Crippen molar-refractivity contribution in [1.82, 2.24) is 30.1 Å². The van der Waals surface area contributed by atoms with Crippen LogP contribution in [0.1, 0.15) is 33.2 Å². The predicted octanol–water partition coefficient (Wildman–Crippen LogP) is 3.29. The molecule has 5 rings (SSSR count). The molecule has 2 aromatic heterocycles. The number of carbonyl (C=O) groups is 1. The van der Waals surface area contributed by atoms with Crippen LogP contribution in [0.3, 0.4) is 0 Å². The first-order chi connectivity index (χ1) is 14.6. The van der Waals surface area contributed by atoms with E-state index >= 15 is 0 Å². The van der Waals surface area contributed by atoms with Gasteiger partial charge in [-0.25, -0.2) is 0 Å². The summed E-state index contributed by atoms with van der Waals surface area (Å²) in [4.78, 5) is 15.1. The molecule has 1 aliphatic heterocycles. The number of fused-ring (bicyclic) bond motifs is 2. The molecule has 3 heterocycles. The molecule has 0 fully saturated rings. The fourth-order valence-corrected chi connectivity index (χ4v) is 4.39. The number of aromatic amines is 1. The van der Waals surface area contributed by atoms with E-state index in [0.717, 1.165) is 33.4 Å². The number of carbonyl (C=O) groups excluding carboxylic acids is 1. The summed E-state index contributed by atoms with van der Waals surface area (Å²) in [5.74, 6) is 0.385. The number of hydrogen-bond donors (Lipinski definition) is 1. The number of aryl methyl sites for hydroxylation is 1. The Hall–Kier alpha value is -3.39. The molecule has 1 atom stereocenters. The van der Waals surface area contributed by atoms with E-state index in [1.54, 1.807) is 11.8 Å². The van der Waals surface area contributed by atoms with Gasteiger partial charge in [-0.1, -0.05) is 41.1 Å². The molecule has 1 amide bonds. The van der Waals surface area contributed by atoms with Crippen LogP contribution in [0.25, 0.3) is 11.0 Å². The van der Waals surface area contributed by atoms with Crippen molar-refractivity contribution in [3.8, 4) is 5.88 Å². The number of methoxy groups -OCH3 is 1. The molecular formula is C21H19ClN6O2. The third kappa shape index (κ3) is 2.91. The maximum Gasteiger partial charge on any atom is 0.255 e. The van der Waals surface area contributed by atoms with Gasteiger partial charge in [0.1, 0.15) is 10.5 Å². The predicted molar refractivity (Wildman–Crippen MR) is 111 cm³/mol. The van der Waals surface area contributed by atoms with E-state index < -0.39 is 0 Å². The molecule has 1 N–H and O–H groups in total. The molecule has 2 aromatic carbocycles. The van der Waals surface area contributed by atoms with Crippen LogP contribution < -0.4 is 4.74 Å². The highest BCUT2D eigenvalue weighted by Gasteiger charge is 2.37. The van der Waals surface area contributed by atoms with Gasteiger partial charge in [0.05, 0.1) is 24.4 Å². The van der Waals surface area contributed by atoms with Crippen LogP contribution >= 0.6 is 11.6 Å². The minimum Gasteiger partial charge on any atom is -0.479 e. The number of H-pyrrole nitrogens is 1. The van der Waals surface area contributed by atoms with Crippen molar-refractivity contribution in [2.45, 2.75) is 19.0 Å². The number of ether oxygens (including phenoxy) is 1. The quantitative estimate of drug-likeness (QED) is 0.533. The van der Waals surface area contributed by atoms with E-state index in [9.17, 15) is 4.79 Å². The van der Waals surface area contributed by atoms with E-state index in [1.165, 1.54) is 0 Å². The highest BCUT2D eigenvalue weighted by atomic mass is 35.5. The first-order valence-electron chi connectivity index (χ1n) is 9.51. The van der Waals surface area contributed by atoms with E-state index in [0.29, 0.717) is 23.9 Å². The van der Waals surface area contributed by atoms with Gasteiger partial charge in [0, 0.05) is 25.6 Å². The standard InChI is InChI=1S/C21H19ClN6O2/c1-27-18(19(22)20(25-27)30-2)10-17-13-5-3-4-6-14(13)21(29)28(17)11-12-7-8-15-16(9-12)24-26-23-15/h3-9,17H,10-11H2,1-2H3,(H,23,24,26). The smallest absolute Gasteiger partial charge is 0.255 e. The van der Waals surface area contributed by atoms with E-state index in [4.69, 9.17) is 16.3 Å². The molecule has 0 bridgehead atoms. The average molecular weight is 423 g/mol. The normalized spacial score (nSPS) is 15.8. The number of nitrogens with one attached hydrogen (secondary N) is 1. The molecule has 0 saturated heterocycles. The number of hydrogen-bond acceptors (Lipinski definition) is 5. The zero-order chi connectivity index (χ0) is 20.8. The van der Waals surface area contributed by atoms with Crippen LogP contribution in [0.5, 0.6) is 5.88 Å². The van der Waals surface area contributed by atoms with Crippen molar-refractivity contribution in [2.75, 3.05) is 7.11 Å². The average Bonchev–Trinajstić information content (AvgIpc) is 3.40. The Morgan fingerprint density at radius 1 is 1.23 bits per heavy atom. The van der Waals surface area contributed by atoms with E-state index in [1.807, 2.05) is 54.4 Å². The maximum absolute atomic E-state index is 13.3. The van der Waals surface area contributed by atoms with Crippen LogP contribution in [0.15, 0.2) is 42.5 Å². The van der Waals surface area contributed by atoms with Crippen molar-refractivity contribution in [1.29, 1.82) is 0 Å². The zero-order valence-corrected chi connectivity index (χ0v) is 17.2. The second-order valence-electron chi connectivity index (χ2n) is 7.30. The Morgan fingerprint density at radius 2 is 2.07 bits per heavy atom. The lowest BCUT2D eigenvalue weighted by atomic mass is 10.0. The number of nitrogens with zero attached hydrogens (tertiary/aromatic N) is 5. The SMILES string of the molecule is COc1nn(C)c(CC2c3ccccc3C(=O)N2Cc2ccc3[nH]nnc3c2)c1Cl. The summed E-state index contributed by atoms with van der Waals surface area (Å²) in [6.07, 6.45) is 0.528. The van der Waals surface area contributed by atoms with Crippen LogP contribution in [0.4, 0.5) is 0 Å². The topological polar surface area (TPSA) is 88.9 Å². The van der Waals surface area contributed by atoms with Gasteiger partial charge in [-0.2, -0.15) is 0 Å². The van der Waals surface area contributed by atoms with E-state index in [2.05, 4.69) is 20.5 Å². The lowest BCUT2D eigenvalue weighted by Crippen LogP contribution is -2.29. The number of rotatable bonds is 5. The molecule has 0 spiro atoms. The molecule has 0 aliphatic carbocycles. The summed E-state index contributed by atoms with van der Waals surface area (Å²) in [5.41, 5.74) is 5.14. The lowest BCUT2D eigenvalue weighted by molar-refractivity contribution is 0.0708. The molecule has 0 saturated carbocycles. The third-order valence-corrected chi connectivity index (χ3v) is 5.96. The number of amides is 1. The summed E-state index contributed by atoms with van der Waals surface area (Å²) in [6.45, 7) is 0.452.